The summed E-state index contributed by atoms with van der Waals surface area (Å²) in [5.41, 5.74) is 10.0. The van der Waals surface area contributed by atoms with Gasteiger partial charge in [0.05, 0.1) is 0 Å². The van der Waals surface area contributed by atoms with Gasteiger partial charge in [-0.2, -0.15) is 0 Å². The van der Waals surface area contributed by atoms with Crippen molar-refractivity contribution in [3.05, 3.63) is 64.7 Å². The Balaban J connectivity index is 2.08. The van der Waals surface area contributed by atoms with Crippen molar-refractivity contribution >= 4 is 17.6 Å². The number of amidine groups is 1. The molecule has 0 aromatic heterocycles. The van der Waals surface area contributed by atoms with Gasteiger partial charge in [-0.15, -0.1) is 11.8 Å². The number of rotatable bonds is 4. The highest BCUT2D eigenvalue weighted by Gasteiger charge is 2.03. The number of hydrogen-bond donors (Lipinski definition) is 2. The molecule has 3 heteroatoms. The van der Waals surface area contributed by atoms with Crippen LogP contribution in [0.25, 0.3) is 0 Å². The molecule has 0 atom stereocenters. The van der Waals surface area contributed by atoms with Crippen LogP contribution in [-0.4, -0.2) is 5.84 Å². The largest absolute Gasteiger partial charge is 0.384 e. The normalized spacial score (nSPS) is 10.4. The molecular formula is C16H18N2S. The number of nitrogen functional groups attached to an aromatic ring is 1. The molecule has 0 saturated carbocycles. The van der Waals surface area contributed by atoms with E-state index in [2.05, 4.69) is 37.3 Å². The summed E-state index contributed by atoms with van der Waals surface area (Å²) in [5, 5.41) is 7.48. The van der Waals surface area contributed by atoms with Gasteiger partial charge in [-0.25, -0.2) is 0 Å². The molecule has 3 N–H and O–H groups in total. The second kappa shape index (κ2) is 5.93. The molecule has 2 aromatic rings. The summed E-state index contributed by atoms with van der Waals surface area (Å²) in [6.45, 7) is 4.10. The zero-order valence-corrected chi connectivity index (χ0v) is 12.1. The number of hydrogen-bond acceptors (Lipinski definition) is 2. The molecule has 0 unspecified atom stereocenters. The minimum Gasteiger partial charge on any atom is -0.384 e. The molecule has 0 saturated heterocycles. The summed E-state index contributed by atoms with van der Waals surface area (Å²) in [7, 11) is 0. The van der Waals surface area contributed by atoms with Crippen LogP contribution < -0.4 is 5.73 Å². The van der Waals surface area contributed by atoms with E-state index >= 15 is 0 Å². The van der Waals surface area contributed by atoms with Crippen LogP contribution in [0.5, 0.6) is 0 Å². The standard InChI is InChI=1S/C16H18N2S/c1-11-4-3-5-13(8-11)10-19-14-6-7-15(16(17)18)12(2)9-14/h3-9H,10H2,1-2H3,(H3,17,18). The van der Waals surface area contributed by atoms with Gasteiger partial charge in [-0.05, 0) is 43.2 Å². The molecule has 0 spiro atoms. The van der Waals surface area contributed by atoms with Crippen LogP contribution in [0.4, 0.5) is 0 Å². The monoisotopic (exact) mass is 270 g/mol. The van der Waals surface area contributed by atoms with E-state index in [9.17, 15) is 0 Å². The molecule has 0 heterocycles. The van der Waals surface area contributed by atoms with Gasteiger partial charge in [0.25, 0.3) is 0 Å². The van der Waals surface area contributed by atoms with Gasteiger partial charge in [-0.1, -0.05) is 29.8 Å². The number of benzene rings is 2. The number of thioether (sulfide) groups is 1. The molecule has 0 fully saturated rings. The lowest BCUT2D eigenvalue weighted by molar-refractivity contribution is 1.30. The van der Waals surface area contributed by atoms with Crippen molar-refractivity contribution < 1.29 is 0 Å². The topological polar surface area (TPSA) is 49.9 Å². The molecule has 0 radical (unpaired) electrons. The fourth-order valence-electron chi connectivity index (χ4n) is 2.00. The minimum absolute atomic E-state index is 0.132. The Morgan fingerprint density at radius 3 is 2.58 bits per heavy atom. The Morgan fingerprint density at radius 1 is 1.16 bits per heavy atom. The van der Waals surface area contributed by atoms with E-state index in [1.807, 2.05) is 19.1 Å². The van der Waals surface area contributed by atoms with Crippen molar-refractivity contribution in [2.45, 2.75) is 24.5 Å². The van der Waals surface area contributed by atoms with Crippen LogP contribution in [0.3, 0.4) is 0 Å². The molecule has 2 rings (SSSR count). The van der Waals surface area contributed by atoms with Crippen LogP contribution in [0.15, 0.2) is 47.4 Å². The first-order chi connectivity index (χ1) is 9.06. The van der Waals surface area contributed by atoms with Crippen LogP contribution in [-0.2, 0) is 5.75 Å². The Labute approximate surface area is 118 Å². The SMILES string of the molecule is Cc1cccc(CSc2ccc(C(=N)N)c(C)c2)c1. The first kappa shape index (κ1) is 13.7. The number of aryl methyl sites for hydroxylation is 2. The van der Waals surface area contributed by atoms with Gasteiger partial charge in [0.2, 0.25) is 0 Å². The molecule has 0 aliphatic heterocycles. The molecule has 98 valence electrons. The Bertz CT molecular complexity index is 605. The highest BCUT2D eigenvalue weighted by molar-refractivity contribution is 7.98. The smallest absolute Gasteiger partial charge is 0.123 e. The van der Waals surface area contributed by atoms with Crippen LogP contribution in [0.1, 0.15) is 22.3 Å². The maximum atomic E-state index is 7.48. The van der Waals surface area contributed by atoms with E-state index in [1.54, 1.807) is 11.8 Å². The van der Waals surface area contributed by atoms with E-state index in [4.69, 9.17) is 11.1 Å². The van der Waals surface area contributed by atoms with Crippen LogP contribution >= 0.6 is 11.8 Å². The van der Waals surface area contributed by atoms with Gasteiger partial charge in [0.15, 0.2) is 0 Å². The Morgan fingerprint density at radius 2 is 1.95 bits per heavy atom. The van der Waals surface area contributed by atoms with Crippen molar-refractivity contribution in [2.75, 3.05) is 0 Å². The van der Waals surface area contributed by atoms with E-state index in [0.717, 1.165) is 16.9 Å². The zero-order valence-electron chi connectivity index (χ0n) is 11.2. The molecule has 0 bridgehead atoms. The van der Waals surface area contributed by atoms with Crippen LogP contribution in [0.2, 0.25) is 0 Å². The summed E-state index contributed by atoms with van der Waals surface area (Å²) < 4.78 is 0. The van der Waals surface area contributed by atoms with Gasteiger partial charge < -0.3 is 5.73 Å². The fourth-order valence-corrected chi connectivity index (χ4v) is 2.93. The average molecular weight is 270 g/mol. The lowest BCUT2D eigenvalue weighted by Gasteiger charge is -2.07. The third-order valence-corrected chi connectivity index (χ3v) is 4.04. The predicted molar refractivity (Wildman–Crippen MR) is 82.9 cm³/mol. The maximum absolute atomic E-state index is 7.48. The third kappa shape index (κ3) is 3.61. The fraction of sp³-hybridized carbons (Fsp3) is 0.188. The third-order valence-electron chi connectivity index (χ3n) is 2.98. The molecule has 0 aliphatic carbocycles. The van der Waals surface area contributed by atoms with Crippen LogP contribution in [0, 0.1) is 19.3 Å². The van der Waals surface area contributed by atoms with Gasteiger partial charge in [0, 0.05) is 16.2 Å². The van der Waals surface area contributed by atoms with E-state index < -0.39 is 0 Å². The van der Waals surface area contributed by atoms with Gasteiger partial charge in [0.1, 0.15) is 5.84 Å². The van der Waals surface area contributed by atoms with Crippen molar-refractivity contribution in [1.82, 2.24) is 0 Å². The first-order valence-corrected chi connectivity index (χ1v) is 7.18. The zero-order chi connectivity index (χ0) is 13.8. The highest BCUT2D eigenvalue weighted by atomic mass is 32.2. The lowest BCUT2D eigenvalue weighted by atomic mass is 10.1. The second-order valence-electron chi connectivity index (χ2n) is 4.67. The lowest BCUT2D eigenvalue weighted by Crippen LogP contribution is -2.12. The summed E-state index contributed by atoms with van der Waals surface area (Å²) in [6, 6.07) is 14.6. The summed E-state index contributed by atoms with van der Waals surface area (Å²) in [4.78, 5) is 1.21. The second-order valence-corrected chi connectivity index (χ2v) is 5.72. The molecule has 2 nitrogen and oxygen atoms in total. The summed E-state index contributed by atoms with van der Waals surface area (Å²) >= 11 is 1.81. The average Bonchev–Trinajstić information content (AvgIpc) is 2.36. The number of nitrogens with one attached hydrogen (secondary N) is 1. The van der Waals surface area contributed by atoms with E-state index in [0.29, 0.717) is 0 Å². The van der Waals surface area contributed by atoms with E-state index in [1.165, 1.54) is 16.0 Å². The summed E-state index contributed by atoms with van der Waals surface area (Å²) in [5.74, 6) is 1.09. The van der Waals surface area contributed by atoms with Gasteiger partial charge in [-0.3, -0.25) is 5.41 Å². The Kier molecular flexibility index (Phi) is 4.27. The first-order valence-electron chi connectivity index (χ1n) is 6.19. The Hall–Kier alpha value is -1.74. The molecule has 2 aromatic carbocycles. The van der Waals surface area contributed by atoms with Gasteiger partial charge >= 0.3 is 0 Å². The molecular weight excluding hydrogens is 252 g/mol. The van der Waals surface area contributed by atoms with Crippen molar-refractivity contribution in [3.8, 4) is 0 Å². The number of nitrogens with two attached hydrogens (primary N) is 1. The maximum Gasteiger partial charge on any atom is 0.123 e. The molecule has 0 amide bonds. The van der Waals surface area contributed by atoms with Crippen molar-refractivity contribution in [1.29, 1.82) is 5.41 Å². The highest BCUT2D eigenvalue weighted by Crippen LogP contribution is 2.25. The molecule has 0 aliphatic rings. The molecule has 19 heavy (non-hydrogen) atoms. The quantitative estimate of drug-likeness (QED) is 0.503. The summed E-state index contributed by atoms with van der Waals surface area (Å²) in [6.07, 6.45) is 0. The van der Waals surface area contributed by atoms with E-state index in [-0.39, 0.29) is 5.84 Å². The minimum atomic E-state index is 0.132. The van der Waals surface area contributed by atoms with Crippen molar-refractivity contribution in [2.24, 2.45) is 5.73 Å². The van der Waals surface area contributed by atoms with Crippen molar-refractivity contribution in [3.63, 3.8) is 0 Å². The predicted octanol–water partition coefficient (Wildman–Crippen LogP) is 3.88.